The van der Waals surface area contributed by atoms with E-state index in [9.17, 15) is 0 Å². The Morgan fingerprint density at radius 1 is 1.13 bits per heavy atom. The van der Waals surface area contributed by atoms with E-state index in [0.29, 0.717) is 0 Å². The first-order valence-corrected chi connectivity index (χ1v) is 6.53. The van der Waals surface area contributed by atoms with E-state index < -0.39 is 0 Å². The lowest BCUT2D eigenvalue weighted by Crippen LogP contribution is -2.19. The normalized spacial score (nSPS) is 30.5. The molecule has 1 rings (SSSR count). The van der Waals surface area contributed by atoms with Gasteiger partial charge in [-0.15, -0.1) is 0 Å². The third kappa shape index (κ3) is 4.24. The Hall–Kier alpha value is -0.510. The van der Waals surface area contributed by atoms with Crippen molar-refractivity contribution < 1.29 is 0 Å². The molecular formula is C14H25N. The fourth-order valence-corrected chi connectivity index (χ4v) is 2.67. The van der Waals surface area contributed by atoms with Crippen molar-refractivity contribution in [3.63, 3.8) is 0 Å². The maximum atomic E-state index is 8.74. The second-order valence-corrected chi connectivity index (χ2v) is 5.60. The quantitative estimate of drug-likeness (QED) is 0.670. The van der Waals surface area contributed by atoms with Crippen molar-refractivity contribution in [2.75, 3.05) is 0 Å². The van der Waals surface area contributed by atoms with Crippen molar-refractivity contribution in [2.24, 2.45) is 23.7 Å². The standard InChI is InChI=1S/C14H25N/c1-11-5-8-14(9-6-11)13(3)7-4-12(2)10-15/h11-14H,4-9H2,1-3H3. The molecule has 0 heterocycles. The van der Waals surface area contributed by atoms with E-state index in [1.54, 1.807) is 0 Å². The molecule has 1 fully saturated rings. The lowest BCUT2D eigenvalue weighted by molar-refractivity contribution is 0.210. The Labute approximate surface area is 94.9 Å². The Morgan fingerprint density at radius 2 is 1.73 bits per heavy atom. The molecule has 2 unspecified atom stereocenters. The first kappa shape index (κ1) is 12.6. The van der Waals surface area contributed by atoms with Gasteiger partial charge in [0.2, 0.25) is 0 Å². The van der Waals surface area contributed by atoms with Crippen molar-refractivity contribution in [3.8, 4) is 6.07 Å². The Morgan fingerprint density at radius 3 is 2.27 bits per heavy atom. The summed E-state index contributed by atoms with van der Waals surface area (Å²) in [5, 5.41) is 8.74. The lowest BCUT2D eigenvalue weighted by Gasteiger charge is -2.31. The van der Waals surface area contributed by atoms with Gasteiger partial charge in [0.05, 0.1) is 6.07 Å². The van der Waals surface area contributed by atoms with Crippen LogP contribution < -0.4 is 0 Å². The molecule has 0 saturated heterocycles. The summed E-state index contributed by atoms with van der Waals surface area (Å²) in [5.74, 6) is 2.96. The van der Waals surface area contributed by atoms with Gasteiger partial charge in [-0.1, -0.05) is 26.7 Å². The van der Waals surface area contributed by atoms with E-state index in [1.165, 1.54) is 32.1 Å². The van der Waals surface area contributed by atoms with E-state index in [-0.39, 0.29) is 5.92 Å². The van der Waals surface area contributed by atoms with Crippen molar-refractivity contribution in [1.82, 2.24) is 0 Å². The molecule has 0 N–H and O–H groups in total. The molecule has 0 radical (unpaired) electrons. The highest BCUT2D eigenvalue weighted by atomic mass is 14.3. The van der Waals surface area contributed by atoms with Crippen LogP contribution in [0.4, 0.5) is 0 Å². The van der Waals surface area contributed by atoms with Crippen LogP contribution in [0, 0.1) is 35.0 Å². The molecule has 1 aliphatic carbocycles. The first-order chi connectivity index (χ1) is 7.13. The Kier molecular flexibility index (Phi) is 5.15. The number of nitrogens with zero attached hydrogens (tertiary/aromatic N) is 1. The van der Waals surface area contributed by atoms with Gasteiger partial charge in [-0.3, -0.25) is 0 Å². The fraction of sp³-hybridized carbons (Fsp3) is 0.929. The molecule has 1 heteroatoms. The largest absolute Gasteiger partial charge is 0.198 e. The van der Waals surface area contributed by atoms with Gasteiger partial charge in [0, 0.05) is 5.92 Å². The highest BCUT2D eigenvalue weighted by molar-refractivity contribution is 4.80. The van der Waals surface area contributed by atoms with E-state index in [0.717, 1.165) is 24.2 Å². The van der Waals surface area contributed by atoms with E-state index in [4.69, 9.17) is 5.26 Å². The SMILES string of the molecule is CC(C#N)CCC(C)C1CCC(C)CC1. The number of hydrogen-bond donors (Lipinski definition) is 0. The highest BCUT2D eigenvalue weighted by Gasteiger charge is 2.23. The van der Waals surface area contributed by atoms with Crippen LogP contribution in [-0.4, -0.2) is 0 Å². The second kappa shape index (κ2) is 6.16. The summed E-state index contributed by atoms with van der Waals surface area (Å²) in [6.45, 7) is 6.79. The number of hydrogen-bond acceptors (Lipinski definition) is 1. The highest BCUT2D eigenvalue weighted by Crippen LogP contribution is 2.35. The van der Waals surface area contributed by atoms with Crippen molar-refractivity contribution in [2.45, 2.75) is 59.3 Å². The van der Waals surface area contributed by atoms with Crippen LogP contribution in [0.1, 0.15) is 59.3 Å². The predicted molar refractivity (Wildman–Crippen MR) is 64.3 cm³/mol. The molecule has 0 aromatic carbocycles. The van der Waals surface area contributed by atoms with Gasteiger partial charge in [0.15, 0.2) is 0 Å². The van der Waals surface area contributed by atoms with Crippen LogP contribution in [0.25, 0.3) is 0 Å². The van der Waals surface area contributed by atoms with Gasteiger partial charge in [0.1, 0.15) is 0 Å². The van der Waals surface area contributed by atoms with E-state index in [1.807, 2.05) is 6.92 Å². The molecule has 0 amide bonds. The van der Waals surface area contributed by atoms with Gasteiger partial charge in [-0.25, -0.2) is 0 Å². The molecule has 2 atom stereocenters. The van der Waals surface area contributed by atoms with Gasteiger partial charge in [-0.2, -0.15) is 5.26 Å². The minimum absolute atomic E-state index is 0.245. The Bertz CT molecular complexity index is 208. The molecule has 1 saturated carbocycles. The fourth-order valence-electron chi connectivity index (χ4n) is 2.67. The smallest absolute Gasteiger partial charge is 0.0652 e. The zero-order chi connectivity index (χ0) is 11.3. The molecule has 0 aliphatic heterocycles. The molecule has 0 spiro atoms. The molecular weight excluding hydrogens is 182 g/mol. The molecule has 86 valence electrons. The summed E-state index contributed by atoms with van der Waals surface area (Å²) in [6, 6.07) is 2.33. The molecule has 0 aromatic heterocycles. The minimum atomic E-state index is 0.245. The molecule has 0 aromatic rings. The average molecular weight is 207 g/mol. The van der Waals surface area contributed by atoms with Gasteiger partial charge < -0.3 is 0 Å². The summed E-state index contributed by atoms with van der Waals surface area (Å²) in [7, 11) is 0. The zero-order valence-electron chi connectivity index (χ0n) is 10.5. The van der Waals surface area contributed by atoms with Crippen LogP contribution in [0.5, 0.6) is 0 Å². The number of nitriles is 1. The van der Waals surface area contributed by atoms with Crippen molar-refractivity contribution in [3.05, 3.63) is 0 Å². The number of rotatable bonds is 4. The zero-order valence-corrected chi connectivity index (χ0v) is 10.5. The summed E-state index contributed by atoms with van der Waals surface area (Å²) >= 11 is 0. The summed E-state index contributed by atoms with van der Waals surface area (Å²) < 4.78 is 0. The third-order valence-electron chi connectivity index (χ3n) is 4.14. The maximum Gasteiger partial charge on any atom is 0.0652 e. The van der Waals surface area contributed by atoms with Gasteiger partial charge in [0.25, 0.3) is 0 Å². The molecule has 1 nitrogen and oxygen atoms in total. The lowest BCUT2D eigenvalue weighted by atomic mass is 9.75. The topological polar surface area (TPSA) is 23.8 Å². The minimum Gasteiger partial charge on any atom is -0.198 e. The average Bonchev–Trinajstić information content (AvgIpc) is 2.26. The third-order valence-corrected chi connectivity index (χ3v) is 4.14. The summed E-state index contributed by atoms with van der Waals surface area (Å²) in [4.78, 5) is 0. The van der Waals surface area contributed by atoms with Crippen LogP contribution >= 0.6 is 0 Å². The van der Waals surface area contributed by atoms with Crippen LogP contribution in [0.15, 0.2) is 0 Å². The van der Waals surface area contributed by atoms with Crippen molar-refractivity contribution >= 4 is 0 Å². The van der Waals surface area contributed by atoms with Crippen LogP contribution in [0.2, 0.25) is 0 Å². The summed E-state index contributed by atoms with van der Waals surface area (Å²) in [5.41, 5.74) is 0. The second-order valence-electron chi connectivity index (χ2n) is 5.60. The van der Waals surface area contributed by atoms with E-state index >= 15 is 0 Å². The molecule has 15 heavy (non-hydrogen) atoms. The maximum absolute atomic E-state index is 8.74. The Balaban J connectivity index is 2.22. The predicted octanol–water partition coefficient (Wildman–Crippen LogP) is 4.39. The van der Waals surface area contributed by atoms with Gasteiger partial charge >= 0.3 is 0 Å². The summed E-state index contributed by atoms with van der Waals surface area (Å²) in [6.07, 6.45) is 8.01. The van der Waals surface area contributed by atoms with E-state index in [2.05, 4.69) is 19.9 Å². The van der Waals surface area contributed by atoms with Crippen molar-refractivity contribution in [1.29, 1.82) is 5.26 Å². The van der Waals surface area contributed by atoms with Gasteiger partial charge in [-0.05, 0) is 50.4 Å². The molecule has 1 aliphatic rings. The van der Waals surface area contributed by atoms with Crippen LogP contribution in [-0.2, 0) is 0 Å². The monoisotopic (exact) mass is 207 g/mol. The van der Waals surface area contributed by atoms with Crippen LogP contribution in [0.3, 0.4) is 0 Å². The molecule has 0 bridgehead atoms. The first-order valence-electron chi connectivity index (χ1n) is 6.53.